The van der Waals surface area contributed by atoms with Crippen LogP contribution in [0.5, 0.6) is 0 Å². The summed E-state index contributed by atoms with van der Waals surface area (Å²) in [6.45, 7) is 1.28. The molecule has 0 heterocycles. The normalized spacial score (nSPS) is 10.4. The summed E-state index contributed by atoms with van der Waals surface area (Å²) in [7, 11) is 0. The van der Waals surface area contributed by atoms with Crippen LogP contribution >= 0.6 is 0 Å². The molecule has 0 aliphatic heterocycles. The largest absolute Gasteiger partial charge is 0.356 e. The van der Waals surface area contributed by atoms with E-state index in [2.05, 4.69) is 5.32 Å². The maximum atomic E-state index is 12.9. The van der Waals surface area contributed by atoms with E-state index in [1.807, 2.05) is 6.07 Å². The Balaban J connectivity index is 2.07. The molecular weight excluding hydrogens is 243 g/mol. The number of hydrogen-bond acceptors (Lipinski definition) is 2. The van der Waals surface area contributed by atoms with Gasteiger partial charge in [0.15, 0.2) is 0 Å². The van der Waals surface area contributed by atoms with Crippen molar-refractivity contribution in [3.8, 4) is 0 Å². The van der Waals surface area contributed by atoms with Gasteiger partial charge in [-0.3, -0.25) is 4.79 Å². The van der Waals surface area contributed by atoms with Crippen LogP contribution in [0.4, 0.5) is 4.39 Å². The minimum atomic E-state index is -0.233. The number of unbranched alkanes of at least 4 members (excludes halogenated alkanes) is 3. The Bertz CT molecular complexity index is 382. The number of rotatable bonds is 9. The van der Waals surface area contributed by atoms with E-state index >= 15 is 0 Å². The van der Waals surface area contributed by atoms with Crippen molar-refractivity contribution in [1.82, 2.24) is 5.32 Å². The van der Waals surface area contributed by atoms with Crippen LogP contribution in [0.15, 0.2) is 24.3 Å². The van der Waals surface area contributed by atoms with Crippen molar-refractivity contribution in [2.24, 2.45) is 5.73 Å². The zero-order valence-corrected chi connectivity index (χ0v) is 11.3. The molecule has 4 heteroatoms. The summed E-state index contributed by atoms with van der Waals surface area (Å²) in [5.41, 5.74) is 6.30. The Kier molecular flexibility index (Phi) is 7.82. The van der Waals surface area contributed by atoms with E-state index in [0.717, 1.165) is 37.8 Å². The lowest BCUT2D eigenvalue weighted by molar-refractivity contribution is -0.121. The van der Waals surface area contributed by atoms with Gasteiger partial charge in [0, 0.05) is 13.0 Å². The van der Waals surface area contributed by atoms with E-state index in [0.29, 0.717) is 19.4 Å². The highest BCUT2D eigenvalue weighted by Gasteiger charge is 2.01. The molecule has 0 saturated heterocycles. The number of hydrogen-bond donors (Lipinski definition) is 2. The number of carbonyl (C=O) groups excluding carboxylic acids is 1. The van der Waals surface area contributed by atoms with E-state index in [1.165, 1.54) is 12.1 Å². The van der Waals surface area contributed by atoms with Crippen molar-refractivity contribution in [1.29, 1.82) is 0 Å². The standard InChI is InChI=1S/C15H23FN2O/c16-14-7-5-6-13(12-14)9-11-18-15(19)8-3-1-2-4-10-17/h5-7,12H,1-4,8-11,17H2,(H,18,19). The topological polar surface area (TPSA) is 55.1 Å². The fourth-order valence-electron chi connectivity index (χ4n) is 1.91. The van der Waals surface area contributed by atoms with Crippen LogP contribution in [0.3, 0.4) is 0 Å². The Morgan fingerprint density at radius 3 is 2.74 bits per heavy atom. The zero-order chi connectivity index (χ0) is 13.9. The molecule has 0 aromatic heterocycles. The van der Waals surface area contributed by atoms with Gasteiger partial charge < -0.3 is 11.1 Å². The molecule has 1 aromatic rings. The second kappa shape index (κ2) is 9.50. The van der Waals surface area contributed by atoms with Crippen LogP contribution in [-0.4, -0.2) is 19.0 Å². The Hall–Kier alpha value is -1.42. The summed E-state index contributed by atoms with van der Waals surface area (Å²) >= 11 is 0. The lowest BCUT2D eigenvalue weighted by Crippen LogP contribution is -2.25. The smallest absolute Gasteiger partial charge is 0.220 e. The fourth-order valence-corrected chi connectivity index (χ4v) is 1.91. The van der Waals surface area contributed by atoms with Gasteiger partial charge >= 0.3 is 0 Å². The minimum absolute atomic E-state index is 0.0733. The van der Waals surface area contributed by atoms with Crippen molar-refractivity contribution in [2.45, 2.75) is 38.5 Å². The van der Waals surface area contributed by atoms with Crippen molar-refractivity contribution in [3.05, 3.63) is 35.6 Å². The molecule has 0 fully saturated rings. The predicted octanol–water partition coefficient (Wildman–Crippen LogP) is 2.39. The van der Waals surface area contributed by atoms with E-state index in [4.69, 9.17) is 5.73 Å². The third-order valence-electron chi connectivity index (χ3n) is 2.98. The van der Waals surface area contributed by atoms with Gasteiger partial charge in [-0.05, 0) is 43.5 Å². The summed E-state index contributed by atoms with van der Waals surface area (Å²) in [6, 6.07) is 6.47. The maximum Gasteiger partial charge on any atom is 0.220 e. The van der Waals surface area contributed by atoms with Crippen LogP contribution in [0.1, 0.15) is 37.7 Å². The monoisotopic (exact) mass is 266 g/mol. The van der Waals surface area contributed by atoms with Crippen LogP contribution < -0.4 is 11.1 Å². The van der Waals surface area contributed by atoms with Crippen molar-refractivity contribution < 1.29 is 9.18 Å². The summed E-state index contributed by atoms with van der Waals surface area (Å²) in [5.74, 6) is -0.159. The average molecular weight is 266 g/mol. The quantitative estimate of drug-likeness (QED) is 0.674. The molecule has 1 aromatic carbocycles. The first-order valence-corrected chi connectivity index (χ1v) is 6.93. The summed E-state index contributed by atoms with van der Waals surface area (Å²) in [4.78, 5) is 11.5. The third kappa shape index (κ3) is 7.57. The number of halogens is 1. The van der Waals surface area contributed by atoms with Gasteiger partial charge in [0.2, 0.25) is 5.91 Å². The summed E-state index contributed by atoms with van der Waals surface area (Å²) in [5, 5.41) is 2.86. The van der Waals surface area contributed by atoms with E-state index in [-0.39, 0.29) is 11.7 Å². The van der Waals surface area contributed by atoms with Gasteiger partial charge in [0.05, 0.1) is 0 Å². The molecule has 1 amide bonds. The van der Waals surface area contributed by atoms with Crippen molar-refractivity contribution in [3.63, 3.8) is 0 Å². The zero-order valence-electron chi connectivity index (χ0n) is 11.3. The molecule has 3 N–H and O–H groups in total. The molecule has 0 radical (unpaired) electrons. The van der Waals surface area contributed by atoms with Gasteiger partial charge in [-0.25, -0.2) is 4.39 Å². The highest BCUT2D eigenvalue weighted by molar-refractivity contribution is 5.75. The van der Waals surface area contributed by atoms with Crippen LogP contribution in [0.25, 0.3) is 0 Å². The highest BCUT2D eigenvalue weighted by Crippen LogP contribution is 2.04. The number of nitrogens with one attached hydrogen (secondary N) is 1. The van der Waals surface area contributed by atoms with Crippen LogP contribution in [0, 0.1) is 5.82 Å². The van der Waals surface area contributed by atoms with Crippen LogP contribution in [0.2, 0.25) is 0 Å². The van der Waals surface area contributed by atoms with Gasteiger partial charge in [0.25, 0.3) is 0 Å². The maximum absolute atomic E-state index is 12.9. The lowest BCUT2D eigenvalue weighted by Gasteiger charge is -2.05. The van der Waals surface area contributed by atoms with E-state index in [9.17, 15) is 9.18 Å². The highest BCUT2D eigenvalue weighted by atomic mass is 19.1. The number of carbonyl (C=O) groups is 1. The first-order valence-electron chi connectivity index (χ1n) is 6.93. The molecule has 106 valence electrons. The molecule has 3 nitrogen and oxygen atoms in total. The Morgan fingerprint density at radius 2 is 2.00 bits per heavy atom. The predicted molar refractivity (Wildman–Crippen MR) is 75.3 cm³/mol. The average Bonchev–Trinajstić information content (AvgIpc) is 2.38. The third-order valence-corrected chi connectivity index (χ3v) is 2.98. The SMILES string of the molecule is NCCCCCCC(=O)NCCc1cccc(F)c1. The van der Waals surface area contributed by atoms with E-state index in [1.54, 1.807) is 6.07 Å². The van der Waals surface area contributed by atoms with Gasteiger partial charge in [-0.1, -0.05) is 25.0 Å². The van der Waals surface area contributed by atoms with Gasteiger partial charge in [0.1, 0.15) is 5.82 Å². The Labute approximate surface area is 114 Å². The molecule has 0 aliphatic carbocycles. The van der Waals surface area contributed by atoms with Crippen LogP contribution in [-0.2, 0) is 11.2 Å². The molecule has 19 heavy (non-hydrogen) atoms. The lowest BCUT2D eigenvalue weighted by atomic mass is 10.1. The minimum Gasteiger partial charge on any atom is -0.356 e. The van der Waals surface area contributed by atoms with Gasteiger partial charge in [-0.15, -0.1) is 0 Å². The second-order valence-electron chi connectivity index (χ2n) is 4.68. The number of nitrogens with two attached hydrogens (primary N) is 1. The molecule has 0 aliphatic rings. The first-order chi connectivity index (χ1) is 9.22. The second-order valence-corrected chi connectivity index (χ2v) is 4.68. The molecular formula is C15H23FN2O. The van der Waals surface area contributed by atoms with Crippen molar-refractivity contribution >= 4 is 5.91 Å². The number of amides is 1. The number of benzene rings is 1. The van der Waals surface area contributed by atoms with E-state index < -0.39 is 0 Å². The summed E-state index contributed by atoms with van der Waals surface area (Å²) < 4.78 is 12.9. The Morgan fingerprint density at radius 1 is 1.21 bits per heavy atom. The molecule has 0 bridgehead atoms. The van der Waals surface area contributed by atoms with Crippen molar-refractivity contribution in [2.75, 3.05) is 13.1 Å². The van der Waals surface area contributed by atoms with Gasteiger partial charge in [-0.2, -0.15) is 0 Å². The first kappa shape index (κ1) is 15.6. The summed E-state index contributed by atoms with van der Waals surface area (Å²) in [6.07, 6.45) is 5.30. The fraction of sp³-hybridized carbons (Fsp3) is 0.533. The molecule has 0 spiro atoms. The molecule has 0 saturated carbocycles. The molecule has 1 rings (SSSR count). The molecule has 0 atom stereocenters. The molecule has 0 unspecified atom stereocenters.